The zero-order valence-corrected chi connectivity index (χ0v) is 22.0. The van der Waals surface area contributed by atoms with Crippen molar-refractivity contribution in [3.05, 3.63) is 92.8 Å². The molecule has 0 bridgehead atoms. The molecule has 4 rings (SSSR count). The van der Waals surface area contributed by atoms with Crippen molar-refractivity contribution < 1.29 is 9.59 Å². The molecule has 0 atom stereocenters. The Morgan fingerprint density at radius 1 is 0.632 bits per heavy atom. The number of hydrogen-bond acceptors (Lipinski definition) is 4. The van der Waals surface area contributed by atoms with Gasteiger partial charge >= 0.3 is 0 Å². The Labute approximate surface area is 220 Å². The summed E-state index contributed by atoms with van der Waals surface area (Å²) in [6, 6.07) is 18.4. The van der Waals surface area contributed by atoms with Crippen molar-refractivity contribution in [3.63, 3.8) is 0 Å². The third-order valence-corrected chi connectivity index (χ3v) is 6.69. The summed E-state index contributed by atoms with van der Waals surface area (Å²) < 4.78 is 6.42. The minimum absolute atomic E-state index is 0.164. The van der Waals surface area contributed by atoms with E-state index in [9.17, 15) is 19.2 Å². The molecule has 0 aliphatic heterocycles. The van der Waals surface area contributed by atoms with Crippen LogP contribution in [0.5, 0.6) is 0 Å². The molecule has 0 fully saturated rings. The number of benzene rings is 2. The molecule has 38 heavy (non-hydrogen) atoms. The molecule has 0 unspecified atom stereocenters. The lowest BCUT2D eigenvalue weighted by Gasteiger charge is -2.07. The first-order valence-electron chi connectivity index (χ1n) is 12.5. The van der Waals surface area contributed by atoms with Gasteiger partial charge in [0.2, 0.25) is 11.8 Å². The summed E-state index contributed by atoms with van der Waals surface area (Å²) in [5, 5.41) is 5.47. The van der Waals surface area contributed by atoms with Gasteiger partial charge in [-0.05, 0) is 51.0 Å². The minimum atomic E-state index is -0.302. The molecule has 0 saturated heterocycles. The van der Waals surface area contributed by atoms with Gasteiger partial charge in [-0.1, -0.05) is 36.4 Å². The normalized spacial score (nSPS) is 10.9. The molecule has 2 amide bonds. The van der Waals surface area contributed by atoms with E-state index in [0.717, 1.165) is 0 Å². The van der Waals surface area contributed by atoms with Crippen LogP contribution < -0.4 is 21.8 Å². The van der Waals surface area contributed by atoms with Gasteiger partial charge in [-0.3, -0.25) is 28.5 Å². The number of carbonyl (C=O) groups is 2. The zero-order chi connectivity index (χ0) is 27.4. The average Bonchev–Trinajstić information content (AvgIpc) is 3.25. The first-order valence-corrected chi connectivity index (χ1v) is 12.5. The van der Waals surface area contributed by atoms with Crippen molar-refractivity contribution in [1.29, 1.82) is 0 Å². The van der Waals surface area contributed by atoms with Crippen molar-refractivity contribution >= 4 is 23.2 Å². The molecule has 0 radical (unpaired) electrons. The van der Waals surface area contributed by atoms with Gasteiger partial charge in [-0.25, -0.2) is 9.36 Å². The van der Waals surface area contributed by atoms with Crippen molar-refractivity contribution in [2.45, 2.75) is 39.5 Å². The standard InChI is InChI=1S/C28H32N6O4/c1-19-25(27(37)33(31(19)3)21-13-7-5-8-14-21)29-23(35)17-11-12-18-24(36)30-26-20(2)32(4)34(28(26)38)22-15-9-6-10-16-22/h5-10,13-16H,11-12,17-18H2,1-4H3,(H,29,35)(H,30,36). The predicted octanol–water partition coefficient (Wildman–Crippen LogP) is 3.42. The van der Waals surface area contributed by atoms with Crippen LogP contribution >= 0.6 is 0 Å². The number of nitrogens with one attached hydrogen (secondary N) is 2. The lowest BCUT2D eigenvalue weighted by Crippen LogP contribution is -2.23. The predicted molar refractivity (Wildman–Crippen MR) is 147 cm³/mol. The Kier molecular flexibility index (Phi) is 7.80. The van der Waals surface area contributed by atoms with Crippen molar-refractivity contribution in [2.75, 3.05) is 10.6 Å². The number of nitrogens with zero attached hydrogens (tertiary/aromatic N) is 4. The number of rotatable bonds is 9. The zero-order valence-electron chi connectivity index (χ0n) is 22.0. The highest BCUT2D eigenvalue weighted by Crippen LogP contribution is 2.16. The monoisotopic (exact) mass is 516 g/mol. The third kappa shape index (κ3) is 5.24. The van der Waals surface area contributed by atoms with E-state index in [2.05, 4.69) is 10.6 Å². The molecule has 2 N–H and O–H groups in total. The molecular formula is C28H32N6O4. The second kappa shape index (κ2) is 11.2. The number of carbonyl (C=O) groups excluding carboxylic acids is 2. The van der Waals surface area contributed by atoms with Gasteiger partial charge in [-0.2, -0.15) is 0 Å². The quantitative estimate of drug-likeness (QED) is 0.332. The number of amides is 2. The first-order chi connectivity index (χ1) is 18.2. The molecule has 2 aromatic heterocycles. The highest BCUT2D eigenvalue weighted by Gasteiger charge is 2.19. The summed E-state index contributed by atoms with van der Waals surface area (Å²) >= 11 is 0. The van der Waals surface area contributed by atoms with E-state index in [4.69, 9.17) is 0 Å². The molecule has 0 aliphatic carbocycles. The molecule has 0 saturated carbocycles. The lowest BCUT2D eigenvalue weighted by atomic mass is 10.1. The summed E-state index contributed by atoms with van der Waals surface area (Å²) in [6.07, 6.45) is 1.25. The van der Waals surface area contributed by atoms with Crippen molar-refractivity contribution in [2.24, 2.45) is 14.1 Å². The van der Waals surface area contributed by atoms with Gasteiger partial charge < -0.3 is 10.6 Å². The van der Waals surface area contributed by atoms with E-state index < -0.39 is 0 Å². The Bertz CT molecular complexity index is 1460. The SMILES string of the molecule is Cc1c(NC(=O)CCCCC(=O)Nc2c(C)n(C)n(-c3ccccc3)c2=O)c(=O)n(-c2ccccc2)n1C. The fourth-order valence-electron chi connectivity index (χ4n) is 4.40. The second-order valence-corrected chi connectivity index (χ2v) is 9.18. The molecule has 2 heterocycles. The Morgan fingerprint density at radius 2 is 0.974 bits per heavy atom. The maximum Gasteiger partial charge on any atom is 0.295 e. The Morgan fingerprint density at radius 3 is 1.32 bits per heavy atom. The van der Waals surface area contributed by atoms with E-state index in [1.807, 2.05) is 60.7 Å². The molecule has 10 heteroatoms. The van der Waals surface area contributed by atoms with Gasteiger partial charge in [0, 0.05) is 26.9 Å². The largest absolute Gasteiger partial charge is 0.320 e. The Balaban J connectivity index is 1.32. The molecule has 198 valence electrons. The van der Waals surface area contributed by atoms with E-state index in [1.165, 1.54) is 9.36 Å². The van der Waals surface area contributed by atoms with E-state index in [1.54, 1.807) is 37.3 Å². The van der Waals surface area contributed by atoms with Crippen LogP contribution in [-0.4, -0.2) is 30.5 Å². The minimum Gasteiger partial charge on any atom is -0.320 e. The van der Waals surface area contributed by atoms with Crippen LogP contribution in [0.25, 0.3) is 11.4 Å². The summed E-state index contributed by atoms with van der Waals surface area (Å²) in [5.41, 5.74) is 2.59. The van der Waals surface area contributed by atoms with E-state index in [-0.39, 0.29) is 47.1 Å². The van der Waals surface area contributed by atoms with Gasteiger partial charge in [0.15, 0.2) is 0 Å². The van der Waals surface area contributed by atoms with Crippen LogP contribution in [0.3, 0.4) is 0 Å². The fourth-order valence-corrected chi connectivity index (χ4v) is 4.40. The van der Waals surface area contributed by atoms with Crippen LogP contribution in [0.4, 0.5) is 11.4 Å². The smallest absolute Gasteiger partial charge is 0.295 e. The number of para-hydroxylation sites is 2. The van der Waals surface area contributed by atoms with Crippen LogP contribution in [0.15, 0.2) is 70.3 Å². The number of anilines is 2. The van der Waals surface area contributed by atoms with Crippen molar-refractivity contribution in [3.8, 4) is 11.4 Å². The Hall–Kier alpha value is -4.60. The van der Waals surface area contributed by atoms with Gasteiger partial charge in [-0.15, -0.1) is 0 Å². The second-order valence-electron chi connectivity index (χ2n) is 9.18. The number of hydrogen-bond donors (Lipinski definition) is 2. The summed E-state index contributed by atoms with van der Waals surface area (Å²) in [6.45, 7) is 3.55. The topological polar surface area (TPSA) is 112 Å². The maximum absolute atomic E-state index is 13.0. The molecule has 10 nitrogen and oxygen atoms in total. The molecule has 4 aromatic rings. The van der Waals surface area contributed by atoms with Gasteiger partial charge in [0.05, 0.1) is 22.8 Å². The number of unbranched alkanes of at least 4 members (excludes halogenated alkanes) is 1. The summed E-state index contributed by atoms with van der Waals surface area (Å²) in [7, 11) is 3.53. The molecule has 0 aliphatic rings. The summed E-state index contributed by atoms with van der Waals surface area (Å²) in [4.78, 5) is 51.0. The summed E-state index contributed by atoms with van der Waals surface area (Å²) in [5.74, 6) is -0.581. The molecule has 2 aromatic carbocycles. The van der Waals surface area contributed by atoms with E-state index >= 15 is 0 Å². The lowest BCUT2D eigenvalue weighted by molar-refractivity contribution is -0.118. The van der Waals surface area contributed by atoms with Crippen LogP contribution in [0.2, 0.25) is 0 Å². The van der Waals surface area contributed by atoms with Gasteiger partial charge in [0.25, 0.3) is 11.1 Å². The first kappa shape index (κ1) is 26.5. The highest BCUT2D eigenvalue weighted by molar-refractivity contribution is 5.92. The highest BCUT2D eigenvalue weighted by atomic mass is 16.2. The van der Waals surface area contributed by atoms with Crippen LogP contribution in [0, 0.1) is 13.8 Å². The van der Waals surface area contributed by atoms with Crippen LogP contribution in [-0.2, 0) is 23.7 Å². The molecule has 0 spiro atoms. The van der Waals surface area contributed by atoms with Crippen molar-refractivity contribution in [1.82, 2.24) is 18.7 Å². The number of aromatic nitrogens is 4. The maximum atomic E-state index is 13.0. The average molecular weight is 517 g/mol. The van der Waals surface area contributed by atoms with Crippen LogP contribution in [0.1, 0.15) is 37.1 Å². The van der Waals surface area contributed by atoms with Gasteiger partial charge in [0.1, 0.15) is 11.4 Å². The molecular weight excluding hydrogens is 484 g/mol. The third-order valence-electron chi connectivity index (χ3n) is 6.69. The fraction of sp³-hybridized carbons (Fsp3) is 0.286. The van der Waals surface area contributed by atoms with E-state index in [0.29, 0.717) is 35.6 Å².